The Morgan fingerprint density at radius 1 is 1.03 bits per heavy atom. The Morgan fingerprint density at radius 2 is 1.74 bits per heavy atom. The van der Waals surface area contributed by atoms with E-state index in [1.165, 1.54) is 4.31 Å². The first-order valence-corrected chi connectivity index (χ1v) is 14.3. The lowest BCUT2D eigenvalue weighted by molar-refractivity contribution is -0.138. The number of hydrogen-bond donors (Lipinski definition) is 0. The second-order valence-electron chi connectivity index (χ2n) is 9.86. The summed E-state index contributed by atoms with van der Waals surface area (Å²) < 4.78 is 38.2. The van der Waals surface area contributed by atoms with Crippen molar-refractivity contribution in [1.29, 1.82) is 0 Å². The van der Waals surface area contributed by atoms with Crippen molar-refractivity contribution in [2.75, 3.05) is 46.4 Å². The molecule has 202 valence electrons. The normalized spacial score (nSPS) is 19.4. The molecule has 3 aromatic rings. The summed E-state index contributed by atoms with van der Waals surface area (Å²) >= 11 is 0. The van der Waals surface area contributed by atoms with Crippen molar-refractivity contribution < 1.29 is 22.5 Å². The second kappa shape index (κ2) is 11.2. The van der Waals surface area contributed by atoms with Crippen molar-refractivity contribution in [1.82, 2.24) is 24.2 Å². The van der Waals surface area contributed by atoms with Crippen molar-refractivity contribution in [3.05, 3.63) is 60.0 Å². The standard InChI is InChI=1S/C27H33N5O5S/c1-20-5-11-24(12-6-20)38(34,35)32-16-14-31(15-17-32)27(33)22-4-3-13-30(18-22)19-25-28-26(29-37-25)21-7-9-23(36-2)10-8-21/h5-12,22H,3-4,13-19H2,1-2H3. The highest BCUT2D eigenvalue weighted by atomic mass is 32.2. The van der Waals surface area contributed by atoms with Gasteiger partial charge in [-0.2, -0.15) is 9.29 Å². The monoisotopic (exact) mass is 539 g/mol. The van der Waals surface area contributed by atoms with Gasteiger partial charge in [0.05, 0.1) is 24.5 Å². The molecule has 1 aromatic heterocycles. The Bertz CT molecular complexity index is 1350. The zero-order valence-electron chi connectivity index (χ0n) is 21.7. The summed E-state index contributed by atoms with van der Waals surface area (Å²) in [5, 5.41) is 4.11. The van der Waals surface area contributed by atoms with Gasteiger partial charge in [-0.25, -0.2) is 8.42 Å². The SMILES string of the molecule is COc1ccc(-c2noc(CN3CCCC(C(=O)N4CCN(S(=O)(=O)c5ccc(C)cc5)CC4)C3)n2)cc1. The average molecular weight is 540 g/mol. The molecule has 1 atom stereocenters. The van der Waals surface area contributed by atoms with Gasteiger partial charge in [0.15, 0.2) is 0 Å². The first-order valence-electron chi connectivity index (χ1n) is 12.9. The zero-order valence-corrected chi connectivity index (χ0v) is 22.6. The summed E-state index contributed by atoms with van der Waals surface area (Å²) in [7, 11) is -1.94. The van der Waals surface area contributed by atoms with Crippen LogP contribution in [0.5, 0.6) is 5.75 Å². The van der Waals surface area contributed by atoms with E-state index in [-0.39, 0.29) is 11.8 Å². The lowest BCUT2D eigenvalue weighted by atomic mass is 9.96. The van der Waals surface area contributed by atoms with Gasteiger partial charge in [-0.1, -0.05) is 22.9 Å². The predicted octanol–water partition coefficient (Wildman–Crippen LogP) is 2.80. The molecule has 10 nitrogen and oxygen atoms in total. The molecule has 2 aliphatic heterocycles. The largest absolute Gasteiger partial charge is 0.497 e. The number of piperazine rings is 1. The highest BCUT2D eigenvalue weighted by Gasteiger charge is 2.34. The Morgan fingerprint density at radius 3 is 2.42 bits per heavy atom. The smallest absolute Gasteiger partial charge is 0.243 e. The van der Waals surface area contributed by atoms with Gasteiger partial charge in [-0.05, 0) is 62.7 Å². The maximum Gasteiger partial charge on any atom is 0.243 e. The number of aromatic nitrogens is 2. The van der Waals surface area contributed by atoms with Crippen LogP contribution in [0.2, 0.25) is 0 Å². The molecule has 38 heavy (non-hydrogen) atoms. The fraction of sp³-hybridized carbons (Fsp3) is 0.444. The number of carbonyl (C=O) groups is 1. The lowest BCUT2D eigenvalue weighted by Crippen LogP contribution is -2.53. The molecule has 1 amide bonds. The van der Waals surface area contributed by atoms with E-state index in [4.69, 9.17) is 9.26 Å². The highest BCUT2D eigenvalue weighted by Crippen LogP contribution is 2.24. The molecule has 1 unspecified atom stereocenters. The quantitative estimate of drug-likeness (QED) is 0.451. The molecule has 0 radical (unpaired) electrons. The number of hydrogen-bond acceptors (Lipinski definition) is 8. The fourth-order valence-electron chi connectivity index (χ4n) is 5.03. The number of methoxy groups -OCH3 is 1. The Kier molecular flexibility index (Phi) is 7.78. The van der Waals surface area contributed by atoms with E-state index in [9.17, 15) is 13.2 Å². The molecular formula is C27H33N5O5S. The van der Waals surface area contributed by atoms with Gasteiger partial charge in [-0.15, -0.1) is 0 Å². The van der Waals surface area contributed by atoms with Crippen LogP contribution in [0.15, 0.2) is 57.9 Å². The number of benzene rings is 2. The fourth-order valence-corrected chi connectivity index (χ4v) is 6.46. The van der Waals surface area contributed by atoms with Gasteiger partial charge in [0.1, 0.15) is 5.75 Å². The maximum absolute atomic E-state index is 13.3. The van der Waals surface area contributed by atoms with E-state index >= 15 is 0 Å². The van der Waals surface area contributed by atoms with Crippen molar-refractivity contribution in [3.8, 4) is 17.1 Å². The molecule has 11 heteroatoms. The Labute approximate surface area is 223 Å². The second-order valence-corrected chi connectivity index (χ2v) is 11.8. The van der Waals surface area contributed by atoms with Crippen LogP contribution >= 0.6 is 0 Å². The highest BCUT2D eigenvalue weighted by molar-refractivity contribution is 7.89. The van der Waals surface area contributed by atoms with Gasteiger partial charge in [0, 0.05) is 38.3 Å². The minimum Gasteiger partial charge on any atom is -0.497 e. The van der Waals surface area contributed by atoms with E-state index in [1.807, 2.05) is 36.1 Å². The summed E-state index contributed by atoms with van der Waals surface area (Å²) in [6, 6.07) is 14.4. The summed E-state index contributed by atoms with van der Waals surface area (Å²) in [5.41, 5.74) is 1.86. The molecule has 2 saturated heterocycles. The third-order valence-electron chi connectivity index (χ3n) is 7.24. The van der Waals surface area contributed by atoms with Gasteiger partial charge in [-0.3, -0.25) is 9.69 Å². The van der Waals surface area contributed by atoms with E-state index in [0.29, 0.717) is 55.9 Å². The van der Waals surface area contributed by atoms with Gasteiger partial charge >= 0.3 is 0 Å². The number of rotatable bonds is 7. The Balaban J connectivity index is 1.15. The number of sulfonamides is 1. The van der Waals surface area contributed by atoms with Crippen molar-refractivity contribution >= 4 is 15.9 Å². The van der Waals surface area contributed by atoms with Crippen LogP contribution < -0.4 is 4.74 Å². The molecule has 5 rings (SSSR count). The van der Waals surface area contributed by atoms with Crippen LogP contribution in [0, 0.1) is 12.8 Å². The molecule has 0 N–H and O–H groups in total. The van der Waals surface area contributed by atoms with E-state index in [1.54, 1.807) is 31.4 Å². The third kappa shape index (κ3) is 5.74. The van der Waals surface area contributed by atoms with Crippen molar-refractivity contribution in [2.45, 2.75) is 31.2 Å². The van der Waals surface area contributed by atoms with E-state index in [0.717, 1.165) is 36.3 Å². The number of nitrogens with zero attached hydrogens (tertiary/aromatic N) is 5. The lowest BCUT2D eigenvalue weighted by Gasteiger charge is -2.38. The summed E-state index contributed by atoms with van der Waals surface area (Å²) in [5.74, 6) is 1.75. The maximum atomic E-state index is 13.3. The number of piperidine rings is 1. The molecule has 2 aliphatic rings. The molecule has 0 spiro atoms. The zero-order chi connectivity index (χ0) is 26.7. The van der Waals surface area contributed by atoms with Gasteiger partial charge in [0.25, 0.3) is 0 Å². The van der Waals surface area contributed by atoms with E-state index in [2.05, 4.69) is 15.0 Å². The number of carbonyl (C=O) groups excluding carboxylic acids is 1. The minimum atomic E-state index is -3.56. The number of amides is 1. The summed E-state index contributed by atoms with van der Waals surface area (Å²) in [6.45, 7) is 5.27. The molecule has 0 aliphatic carbocycles. The number of ether oxygens (including phenoxy) is 1. The van der Waals surface area contributed by atoms with Crippen LogP contribution in [-0.2, 0) is 21.4 Å². The van der Waals surface area contributed by atoms with Crippen LogP contribution in [0.3, 0.4) is 0 Å². The molecule has 3 heterocycles. The van der Waals surface area contributed by atoms with Crippen LogP contribution in [0.4, 0.5) is 0 Å². The first-order chi connectivity index (χ1) is 18.3. The summed E-state index contributed by atoms with van der Waals surface area (Å²) in [4.78, 5) is 22.1. The van der Waals surface area contributed by atoms with Crippen molar-refractivity contribution in [3.63, 3.8) is 0 Å². The Hall–Kier alpha value is -3.28. The first kappa shape index (κ1) is 26.3. The predicted molar refractivity (Wildman–Crippen MR) is 141 cm³/mol. The van der Waals surface area contributed by atoms with Crippen LogP contribution in [-0.4, -0.2) is 84.9 Å². The topological polar surface area (TPSA) is 109 Å². The summed E-state index contributed by atoms with van der Waals surface area (Å²) in [6.07, 6.45) is 1.72. The average Bonchev–Trinajstić information content (AvgIpc) is 3.41. The minimum absolute atomic E-state index is 0.0894. The molecular weight excluding hydrogens is 506 g/mol. The number of aryl methyl sites for hydroxylation is 1. The molecule has 2 fully saturated rings. The van der Waals surface area contributed by atoms with Crippen LogP contribution in [0.25, 0.3) is 11.4 Å². The molecule has 0 saturated carbocycles. The van der Waals surface area contributed by atoms with Crippen LogP contribution in [0.1, 0.15) is 24.3 Å². The van der Waals surface area contributed by atoms with Crippen molar-refractivity contribution in [2.24, 2.45) is 5.92 Å². The molecule has 0 bridgehead atoms. The third-order valence-corrected chi connectivity index (χ3v) is 9.15. The van der Waals surface area contributed by atoms with Gasteiger partial charge in [0.2, 0.25) is 27.6 Å². The molecule has 2 aromatic carbocycles. The van der Waals surface area contributed by atoms with E-state index < -0.39 is 10.0 Å². The van der Waals surface area contributed by atoms with Gasteiger partial charge < -0.3 is 14.2 Å². The number of likely N-dealkylation sites (tertiary alicyclic amines) is 1.